The molecule has 0 aromatic heterocycles. The first-order chi connectivity index (χ1) is 12.3. The number of sulfone groups is 1. The maximum atomic E-state index is 11.8. The van der Waals surface area contributed by atoms with Gasteiger partial charge in [-0.1, -0.05) is 12.1 Å². The number of aliphatic hydroxyl groups is 1. The molecule has 0 saturated carbocycles. The lowest BCUT2D eigenvalue weighted by molar-refractivity contribution is 0.0903. The average Bonchev–Trinajstić information content (AvgIpc) is 2.65. The van der Waals surface area contributed by atoms with Crippen molar-refractivity contribution in [3.63, 3.8) is 0 Å². The summed E-state index contributed by atoms with van der Waals surface area (Å²) in [5, 5.41) is 9.09. The van der Waals surface area contributed by atoms with Crippen LogP contribution in [0.15, 0.2) is 47.4 Å². The number of Topliss-reactive ketones (excluding diaryl/α,β-unsaturated/α-hetero) is 1. The molecule has 0 fully saturated rings. The molecule has 6 nitrogen and oxygen atoms in total. The fourth-order valence-electron chi connectivity index (χ4n) is 3.08. The van der Waals surface area contributed by atoms with Gasteiger partial charge < -0.3 is 14.7 Å². The number of rotatable bonds is 5. The molecule has 1 N–H and O–H groups in total. The Morgan fingerprint density at radius 2 is 1.92 bits per heavy atom. The second kappa shape index (κ2) is 7.09. The quantitative estimate of drug-likeness (QED) is 0.807. The molecule has 0 bridgehead atoms. The molecule has 1 atom stereocenters. The van der Waals surface area contributed by atoms with E-state index in [-0.39, 0.29) is 16.7 Å². The van der Waals surface area contributed by atoms with Crippen LogP contribution >= 0.6 is 0 Å². The van der Waals surface area contributed by atoms with Gasteiger partial charge in [0, 0.05) is 11.8 Å². The highest BCUT2D eigenvalue weighted by atomic mass is 32.2. The summed E-state index contributed by atoms with van der Waals surface area (Å²) < 4.78 is 28.9. The Labute approximate surface area is 152 Å². The average molecular weight is 375 g/mol. The van der Waals surface area contributed by atoms with Crippen LogP contribution in [0.1, 0.15) is 28.9 Å². The standard InChI is InChI=1S/C19H21NO5S/c1-13(14-3-6-16(7-4-14)26(2,23)24)20-9-10-25-19-8-5-15(11-17(19)20)18(22)12-21/h3-8,11,13,21H,9-10,12H2,1-2H3. The van der Waals surface area contributed by atoms with Gasteiger partial charge in [-0.3, -0.25) is 4.79 Å². The second-order valence-electron chi connectivity index (χ2n) is 6.32. The van der Waals surface area contributed by atoms with Crippen molar-refractivity contribution in [2.24, 2.45) is 0 Å². The van der Waals surface area contributed by atoms with Gasteiger partial charge in [-0.15, -0.1) is 0 Å². The van der Waals surface area contributed by atoms with Crippen LogP contribution in [0, 0.1) is 0 Å². The first kappa shape index (κ1) is 18.4. The molecular weight excluding hydrogens is 354 g/mol. The van der Waals surface area contributed by atoms with Crippen molar-refractivity contribution in [1.29, 1.82) is 0 Å². The van der Waals surface area contributed by atoms with Gasteiger partial charge in [-0.05, 0) is 42.8 Å². The molecule has 2 aromatic rings. The highest BCUT2D eigenvalue weighted by Crippen LogP contribution is 2.37. The molecule has 3 rings (SSSR count). The minimum atomic E-state index is -3.23. The van der Waals surface area contributed by atoms with Crippen molar-refractivity contribution >= 4 is 21.3 Å². The second-order valence-corrected chi connectivity index (χ2v) is 8.34. The van der Waals surface area contributed by atoms with E-state index in [1.165, 1.54) is 6.26 Å². The normalized spacial score (nSPS) is 15.1. The lowest BCUT2D eigenvalue weighted by atomic mass is 10.0. The van der Waals surface area contributed by atoms with Crippen molar-refractivity contribution in [3.05, 3.63) is 53.6 Å². The summed E-state index contributed by atoms with van der Waals surface area (Å²) in [6.07, 6.45) is 1.18. The predicted molar refractivity (Wildman–Crippen MR) is 98.7 cm³/mol. The van der Waals surface area contributed by atoms with Gasteiger partial charge in [0.05, 0.1) is 23.2 Å². The molecule has 1 unspecified atom stereocenters. The number of fused-ring (bicyclic) bond motifs is 1. The molecule has 138 valence electrons. The van der Waals surface area contributed by atoms with Crippen molar-refractivity contribution < 1.29 is 23.1 Å². The van der Waals surface area contributed by atoms with Crippen molar-refractivity contribution in [1.82, 2.24) is 0 Å². The van der Waals surface area contributed by atoms with Crippen LogP contribution in [-0.4, -0.2) is 45.3 Å². The van der Waals surface area contributed by atoms with Crippen molar-refractivity contribution in [2.75, 3.05) is 30.9 Å². The maximum Gasteiger partial charge on any atom is 0.188 e. The summed E-state index contributed by atoms with van der Waals surface area (Å²) in [5.41, 5.74) is 2.18. The molecule has 26 heavy (non-hydrogen) atoms. The first-order valence-corrected chi connectivity index (χ1v) is 10.2. The molecule has 7 heteroatoms. The number of aliphatic hydroxyl groups excluding tert-OH is 1. The minimum absolute atomic E-state index is 0.0364. The van der Waals surface area contributed by atoms with Crippen LogP contribution in [0.3, 0.4) is 0 Å². The number of ether oxygens (including phenoxy) is 1. The van der Waals surface area contributed by atoms with E-state index in [9.17, 15) is 13.2 Å². The Balaban J connectivity index is 1.94. The van der Waals surface area contributed by atoms with E-state index in [0.717, 1.165) is 11.3 Å². The van der Waals surface area contributed by atoms with E-state index >= 15 is 0 Å². The van der Waals surface area contributed by atoms with Gasteiger partial charge >= 0.3 is 0 Å². The SMILES string of the molecule is CC(c1ccc(S(C)(=O)=O)cc1)N1CCOc2ccc(C(=O)CO)cc21. The molecule has 0 radical (unpaired) electrons. The highest BCUT2D eigenvalue weighted by Gasteiger charge is 2.25. The predicted octanol–water partition coefficient (Wildman–Crippen LogP) is 2.23. The third kappa shape index (κ3) is 3.59. The van der Waals surface area contributed by atoms with E-state index in [4.69, 9.17) is 9.84 Å². The van der Waals surface area contributed by atoms with Crippen LogP contribution in [0.25, 0.3) is 0 Å². The topological polar surface area (TPSA) is 83.9 Å². The van der Waals surface area contributed by atoms with Crippen LogP contribution in [0.4, 0.5) is 5.69 Å². The van der Waals surface area contributed by atoms with Gasteiger partial charge in [0.25, 0.3) is 0 Å². The number of carbonyl (C=O) groups is 1. The number of nitrogens with zero attached hydrogens (tertiary/aromatic N) is 1. The Morgan fingerprint density at radius 3 is 2.54 bits per heavy atom. The summed E-state index contributed by atoms with van der Waals surface area (Å²) in [6.45, 7) is 2.64. The Morgan fingerprint density at radius 1 is 1.23 bits per heavy atom. The fourth-order valence-corrected chi connectivity index (χ4v) is 3.71. The van der Waals surface area contributed by atoms with Gasteiger partial charge in [-0.2, -0.15) is 0 Å². The first-order valence-electron chi connectivity index (χ1n) is 8.29. The van der Waals surface area contributed by atoms with Crippen LogP contribution < -0.4 is 9.64 Å². The van der Waals surface area contributed by atoms with Crippen LogP contribution in [0.2, 0.25) is 0 Å². The molecule has 0 spiro atoms. The lowest BCUT2D eigenvalue weighted by Crippen LogP contribution is -2.35. The van der Waals surface area contributed by atoms with E-state index in [2.05, 4.69) is 4.90 Å². The third-order valence-electron chi connectivity index (χ3n) is 4.58. The zero-order chi connectivity index (χ0) is 18.9. The van der Waals surface area contributed by atoms with Crippen molar-refractivity contribution in [3.8, 4) is 5.75 Å². The van der Waals surface area contributed by atoms with E-state index in [0.29, 0.717) is 24.5 Å². The van der Waals surface area contributed by atoms with E-state index < -0.39 is 16.4 Å². The number of benzene rings is 2. The fraction of sp³-hybridized carbons (Fsp3) is 0.316. The summed E-state index contributed by atoms with van der Waals surface area (Å²) in [4.78, 5) is 14.2. The Kier molecular flexibility index (Phi) is 5.02. The monoisotopic (exact) mass is 375 g/mol. The zero-order valence-corrected chi connectivity index (χ0v) is 15.5. The molecule has 1 heterocycles. The molecule has 2 aromatic carbocycles. The van der Waals surface area contributed by atoms with E-state index in [1.807, 2.05) is 6.92 Å². The van der Waals surface area contributed by atoms with E-state index in [1.54, 1.807) is 42.5 Å². The van der Waals surface area contributed by atoms with Crippen LogP contribution in [-0.2, 0) is 9.84 Å². The Bertz CT molecular complexity index is 921. The summed E-state index contributed by atoms with van der Waals surface area (Å²) in [6, 6.07) is 11.9. The summed E-state index contributed by atoms with van der Waals surface area (Å²) in [7, 11) is -3.23. The van der Waals surface area contributed by atoms with Gasteiger partial charge in [0.15, 0.2) is 15.6 Å². The molecular formula is C19H21NO5S. The van der Waals surface area contributed by atoms with Crippen LogP contribution in [0.5, 0.6) is 5.75 Å². The number of hydrogen-bond acceptors (Lipinski definition) is 6. The molecule has 0 aliphatic carbocycles. The zero-order valence-electron chi connectivity index (χ0n) is 14.7. The molecule has 0 saturated heterocycles. The highest BCUT2D eigenvalue weighted by molar-refractivity contribution is 7.90. The number of anilines is 1. The molecule has 1 aliphatic rings. The van der Waals surface area contributed by atoms with Gasteiger partial charge in [0.2, 0.25) is 0 Å². The Hall–Kier alpha value is -2.38. The number of carbonyl (C=O) groups excluding carboxylic acids is 1. The minimum Gasteiger partial charge on any atom is -0.490 e. The number of ketones is 1. The summed E-state index contributed by atoms with van der Waals surface area (Å²) >= 11 is 0. The van der Waals surface area contributed by atoms with Crippen molar-refractivity contribution in [2.45, 2.75) is 17.9 Å². The number of hydrogen-bond donors (Lipinski definition) is 1. The van der Waals surface area contributed by atoms with Gasteiger partial charge in [-0.25, -0.2) is 8.42 Å². The van der Waals surface area contributed by atoms with Gasteiger partial charge in [0.1, 0.15) is 19.0 Å². The maximum absolute atomic E-state index is 11.8. The smallest absolute Gasteiger partial charge is 0.188 e. The lowest BCUT2D eigenvalue weighted by Gasteiger charge is -2.36. The largest absolute Gasteiger partial charge is 0.490 e. The molecule has 0 amide bonds. The molecule has 1 aliphatic heterocycles. The summed E-state index contributed by atoms with van der Waals surface area (Å²) in [5.74, 6) is 0.342. The third-order valence-corrected chi connectivity index (χ3v) is 5.71.